The van der Waals surface area contributed by atoms with E-state index in [9.17, 15) is 4.79 Å². The highest BCUT2D eigenvalue weighted by Crippen LogP contribution is 2.26. The summed E-state index contributed by atoms with van der Waals surface area (Å²) in [6, 6.07) is 13.7. The zero-order valence-corrected chi connectivity index (χ0v) is 15.3. The SMILES string of the molecule is CC[C@H](NC(=O)COc1cccc(Cl)c1)c1ccc2c(c1)CCCC2. The molecule has 0 heterocycles. The Morgan fingerprint density at radius 1 is 1.16 bits per heavy atom. The van der Waals surface area contributed by atoms with Crippen LogP contribution in [0.25, 0.3) is 0 Å². The first-order chi connectivity index (χ1) is 12.2. The van der Waals surface area contributed by atoms with Gasteiger partial charge in [0, 0.05) is 5.02 Å². The Kier molecular flexibility index (Phi) is 5.98. The number of amides is 1. The van der Waals surface area contributed by atoms with Crippen LogP contribution in [0.3, 0.4) is 0 Å². The summed E-state index contributed by atoms with van der Waals surface area (Å²) in [4.78, 5) is 12.3. The molecule has 1 aliphatic rings. The summed E-state index contributed by atoms with van der Waals surface area (Å²) in [5.41, 5.74) is 4.08. The lowest BCUT2D eigenvalue weighted by Gasteiger charge is -2.21. The molecule has 132 valence electrons. The van der Waals surface area contributed by atoms with Crippen LogP contribution in [0.1, 0.15) is 48.9 Å². The van der Waals surface area contributed by atoms with E-state index in [1.165, 1.54) is 36.0 Å². The molecule has 4 heteroatoms. The fourth-order valence-corrected chi connectivity index (χ4v) is 3.51. The van der Waals surface area contributed by atoms with Gasteiger partial charge in [-0.15, -0.1) is 0 Å². The molecule has 1 aliphatic carbocycles. The molecule has 3 rings (SSSR count). The fraction of sp³-hybridized carbons (Fsp3) is 0.381. The van der Waals surface area contributed by atoms with Gasteiger partial charge in [0.05, 0.1) is 6.04 Å². The summed E-state index contributed by atoms with van der Waals surface area (Å²) in [6.45, 7) is 2.07. The van der Waals surface area contributed by atoms with Crippen molar-refractivity contribution < 1.29 is 9.53 Å². The second-order valence-corrected chi connectivity index (χ2v) is 6.95. The van der Waals surface area contributed by atoms with Crippen LogP contribution in [0.15, 0.2) is 42.5 Å². The average molecular weight is 358 g/mol. The van der Waals surface area contributed by atoms with E-state index in [4.69, 9.17) is 16.3 Å². The monoisotopic (exact) mass is 357 g/mol. The number of halogens is 1. The zero-order chi connectivity index (χ0) is 17.6. The van der Waals surface area contributed by atoms with Gasteiger partial charge in [-0.2, -0.15) is 0 Å². The highest BCUT2D eigenvalue weighted by atomic mass is 35.5. The van der Waals surface area contributed by atoms with Gasteiger partial charge in [-0.1, -0.05) is 42.8 Å². The van der Waals surface area contributed by atoms with Gasteiger partial charge in [0.2, 0.25) is 0 Å². The summed E-state index contributed by atoms with van der Waals surface area (Å²) in [5, 5.41) is 3.67. The fourth-order valence-electron chi connectivity index (χ4n) is 3.33. The van der Waals surface area contributed by atoms with Crippen molar-refractivity contribution >= 4 is 17.5 Å². The molecule has 1 N–H and O–H groups in total. The smallest absolute Gasteiger partial charge is 0.258 e. The first-order valence-corrected chi connectivity index (χ1v) is 9.33. The third kappa shape index (κ3) is 4.76. The Morgan fingerprint density at radius 2 is 1.96 bits per heavy atom. The molecule has 2 aromatic rings. The second-order valence-electron chi connectivity index (χ2n) is 6.51. The molecule has 1 atom stereocenters. The number of benzene rings is 2. The van der Waals surface area contributed by atoms with E-state index in [0.29, 0.717) is 10.8 Å². The Morgan fingerprint density at radius 3 is 2.72 bits per heavy atom. The van der Waals surface area contributed by atoms with Crippen LogP contribution in [0.5, 0.6) is 5.75 Å². The van der Waals surface area contributed by atoms with Crippen molar-refractivity contribution in [2.24, 2.45) is 0 Å². The van der Waals surface area contributed by atoms with Crippen molar-refractivity contribution in [2.75, 3.05) is 6.61 Å². The number of nitrogens with one attached hydrogen (secondary N) is 1. The normalized spacial score (nSPS) is 14.5. The maximum Gasteiger partial charge on any atom is 0.258 e. The minimum absolute atomic E-state index is 0.0121. The molecule has 0 aromatic heterocycles. The van der Waals surface area contributed by atoms with Gasteiger partial charge in [0.1, 0.15) is 5.75 Å². The molecular formula is C21H24ClNO2. The molecule has 2 aromatic carbocycles. The number of ether oxygens (including phenoxy) is 1. The van der Waals surface area contributed by atoms with E-state index >= 15 is 0 Å². The molecule has 0 unspecified atom stereocenters. The van der Waals surface area contributed by atoms with E-state index in [-0.39, 0.29) is 18.6 Å². The first kappa shape index (κ1) is 17.8. The minimum atomic E-state index is -0.121. The van der Waals surface area contributed by atoms with Crippen molar-refractivity contribution in [1.82, 2.24) is 5.32 Å². The van der Waals surface area contributed by atoms with E-state index < -0.39 is 0 Å². The largest absolute Gasteiger partial charge is 0.484 e. The summed E-state index contributed by atoms with van der Waals surface area (Å²) in [6.07, 6.45) is 5.70. The maximum absolute atomic E-state index is 12.3. The van der Waals surface area contributed by atoms with Crippen LogP contribution >= 0.6 is 11.6 Å². The molecule has 0 saturated heterocycles. The van der Waals surface area contributed by atoms with Crippen LogP contribution in [0.4, 0.5) is 0 Å². The standard InChI is InChI=1S/C21H24ClNO2/c1-2-20(17-11-10-15-6-3-4-7-16(15)12-17)23-21(24)14-25-19-9-5-8-18(22)13-19/h5,8-13,20H,2-4,6-7,14H2,1H3,(H,23,24)/t20-/m0/s1. The van der Waals surface area contributed by atoms with Gasteiger partial charge in [0.15, 0.2) is 6.61 Å². The number of hydrogen-bond acceptors (Lipinski definition) is 2. The number of carbonyl (C=O) groups is 1. The molecule has 0 saturated carbocycles. The molecule has 0 fully saturated rings. The Hall–Kier alpha value is -2.00. The van der Waals surface area contributed by atoms with Crippen molar-refractivity contribution in [3.63, 3.8) is 0 Å². The Bertz CT molecular complexity index is 744. The molecule has 0 radical (unpaired) electrons. The average Bonchev–Trinajstić information content (AvgIpc) is 2.64. The number of fused-ring (bicyclic) bond motifs is 1. The molecule has 3 nitrogen and oxygen atoms in total. The van der Waals surface area contributed by atoms with E-state index in [0.717, 1.165) is 12.8 Å². The molecule has 0 aliphatic heterocycles. The summed E-state index contributed by atoms with van der Waals surface area (Å²) in [5.74, 6) is 0.481. The second kappa shape index (κ2) is 8.39. The molecule has 25 heavy (non-hydrogen) atoms. The lowest BCUT2D eigenvalue weighted by atomic mass is 9.89. The molecule has 1 amide bonds. The van der Waals surface area contributed by atoms with Gasteiger partial charge in [-0.05, 0) is 67.0 Å². The van der Waals surface area contributed by atoms with Crippen molar-refractivity contribution in [3.8, 4) is 5.75 Å². The Balaban J connectivity index is 1.60. The third-order valence-corrected chi connectivity index (χ3v) is 4.92. The first-order valence-electron chi connectivity index (χ1n) is 8.95. The Labute approximate surface area is 154 Å². The van der Waals surface area contributed by atoms with Crippen LogP contribution in [-0.4, -0.2) is 12.5 Å². The predicted octanol–water partition coefficient (Wildman–Crippen LogP) is 4.87. The summed E-state index contributed by atoms with van der Waals surface area (Å²) in [7, 11) is 0. The topological polar surface area (TPSA) is 38.3 Å². The zero-order valence-electron chi connectivity index (χ0n) is 14.6. The van der Waals surface area contributed by atoms with E-state index in [1.54, 1.807) is 24.3 Å². The van der Waals surface area contributed by atoms with Gasteiger partial charge in [0.25, 0.3) is 5.91 Å². The molecule has 0 spiro atoms. The van der Waals surface area contributed by atoms with Crippen LogP contribution in [0.2, 0.25) is 5.02 Å². The number of carbonyl (C=O) groups excluding carboxylic acids is 1. The van der Waals surface area contributed by atoms with Gasteiger partial charge in [-0.25, -0.2) is 0 Å². The van der Waals surface area contributed by atoms with Gasteiger partial charge in [-0.3, -0.25) is 4.79 Å². The van der Waals surface area contributed by atoms with E-state index in [2.05, 4.69) is 30.4 Å². The summed E-state index contributed by atoms with van der Waals surface area (Å²) >= 11 is 5.92. The number of hydrogen-bond donors (Lipinski definition) is 1. The third-order valence-electron chi connectivity index (χ3n) is 4.68. The lowest BCUT2D eigenvalue weighted by Crippen LogP contribution is -2.32. The van der Waals surface area contributed by atoms with Crippen LogP contribution in [0, 0.1) is 0 Å². The maximum atomic E-state index is 12.3. The highest BCUT2D eigenvalue weighted by molar-refractivity contribution is 6.30. The van der Waals surface area contributed by atoms with E-state index in [1.807, 2.05) is 0 Å². The van der Waals surface area contributed by atoms with Gasteiger partial charge < -0.3 is 10.1 Å². The quantitative estimate of drug-likeness (QED) is 0.801. The van der Waals surface area contributed by atoms with Crippen LogP contribution in [-0.2, 0) is 17.6 Å². The van der Waals surface area contributed by atoms with Crippen molar-refractivity contribution in [2.45, 2.75) is 45.1 Å². The lowest BCUT2D eigenvalue weighted by molar-refractivity contribution is -0.123. The van der Waals surface area contributed by atoms with Gasteiger partial charge >= 0.3 is 0 Å². The predicted molar refractivity (Wildman–Crippen MR) is 101 cm³/mol. The highest BCUT2D eigenvalue weighted by Gasteiger charge is 2.16. The number of aryl methyl sites for hydroxylation is 2. The molecular weight excluding hydrogens is 334 g/mol. The van der Waals surface area contributed by atoms with Crippen molar-refractivity contribution in [3.05, 3.63) is 64.2 Å². The minimum Gasteiger partial charge on any atom is -0.484 e. The number of rotatable bonds is 6. The summed E-state index contributed by atoms with van der Waals surface area (Å²) < 4.78 is 5.52. The molecule has 0 bridgehead atoms. The van der Waals surface area contributed by atoms with Crippen molar-refractivity contribution in [1.29, 1.82) is 0 Å². The van der Waals surface area contributed by atoms with Crippen LogP contribution < -0.4 is 10.1 Å².